The van der Waals surface area contributed by atoms with Gasteiger partial charge in [-0.3, -0.25) is 19.2 Å². The third-order valence-corrected chi connectivity index (χ3v) is 6.16. The van der Waals surface area contributed by atoms with Gasteiger partial charge in [0.2, 0.25) is 5.43 Å². The maximum absolute atomic E-state index is 12.9. The van der Waals surface area contributed by atoms with Gasteiger partial charge in [0.05, 0.1) is 5.39 Å². The van der Waals surface area contributed by atoms with Crippen molar-refractivity contribution in [2.45, 2.75) is 20.4 Å². The molecule has 1 aliphatic carbocycles. The number of carbonyl (C=O) groups is 4. The number of esters is 1. The summed E-state index contributed by atoms with van der Waals surface area (Å²) in [4.78, 5) is 68.0. The Morgan fingerprint density at radius 1 is 0.919 bits per heavy atom. The lowest BCUT2D eigenvalue weighted by Gasteiger charge is -2.18. The van der Waals surface area contributed by atoms with E-state index in [4.69, 9.17) is 4.74 Å². The van der Waals surface area contributed by atoms with E-state index >= 15 is 0 Å². The van der Waals surface area contributed by atoms with Crippen LogP contribution in [0.4, 0.5) is 5.69 Å². The first-order valence-electron chi connectivity index (χ1n) is 11.6. The van der Waals surface area contributed by atoms with Gasteiger partial charge in [0, 0.05) is 46.4 Å². The minimum atomic E-state index is -0.937. The van der Waals surface area contributed by atoms with Crippen molar-refractivity contribution < 1.29 is 23.9 Å². The number of nitrogens with one attached hydrogen (secondary N) is 1. The lowest BCUT2D eigenvalue weighted by Crippen LogP contribution is -2.26. The van der Waals surface area contributed by atoms with Gasteiger partial charge in [0.25, 0.3) is 5.91 Å². The molecule has 0 atom stereocenters. The maximum atomic E-state index is 12.9. The minimum Gasteiger partial charge on any atom is -0.452 e. The number of anilines is 1. The zero-order chi connectivity index (χ0) is 26.3. The molecule has 1 N–H and O–H groups in total. The highest BCUT2D eigenvalue weighted by atomic mass is 16.5. The molecule has 0 fully saturated rings. The van der Waals surface area contributed by atoms with Crippen molar-refractivity contribution in [1.29, 1.82) is 0 Å². The Kier molecular flexibility index (Phi) is 5.96. The second kappa shape index (κ2) is 9.27. The van der Waals surface area contributed by atoms with Crippen LogP contribution in [-0.4, -0.2) is 39.6 Å². The number of hydrogen-bond donors (Lipinski definition) is 1. The van der Waals surface area contributed by atoms with E-state index in [0.717, 1.165) is 5.69 Å². The molecular weight excluding hydrogens is 474 g/mol. The van der Waals surface area contributed by atoms with Crippen molar-refractivity contribution in [2.75, 3.05) is 11.9 Å². The standard InChI is InChI=1S/C28H21N3O6/c1-3-31-13-22(26(35)20-10-8-15(2)29-27(20)31)28(36)37-14-23(32)30-16-9-11-19-21(12-16)25(34)18-7-5-4-6-17(18)24(19)33/h4-13H,3,14H2,1-2H3,(H,30,32). The molecule has 0 bridgehead atoms. The van der Waals surface area contributed by atoms with Gasteiger partial charge in [-0.05, 0) is 44.2 Å². The third kappa shape index (κ3) is 4.20. The van der Waals surface area contributed by atoms with E-state index < -0.39 is 23.9 Å². The number of aromatic nitrogens is 2. The number of aryl methyl sites for hydroxylation is 2. The Morgan fingerprint density at radius 2 is 1.59 bits per heavy atom. The maximum Gasteiger partial charge on any atom is 0.344 e. The second-order valence-corrected chi connectivity index (χ2v) is 8.57. The van der Waals surface area contributed by atoms with Crippen LogP contribution in [0.25, 0.3) is 11.0 Å². The van der Waals surface area contributed by atoms with Gasteiger partial charge in [-0.1, -0.05) is 24.3 Å². The molecule has 184 valence electrons. The smallest absolute Gasteiger partial charge is 0.344 e. The molecule has 5 rings (SSSR count). The van der Waals surface area contributed by atoms with Crippen molar-refractivity contribution in [1.82, 2.24) is 9.55 Å². The molecule has 2 aromatic carbocycles. The first-order chi connectivity index (χ1) is 17.8. The van der Waals surface area contributed by atoms with Crippen LogP contribution in [0.1, 0.15) is 54.8 Å². The fraction of sp³-hybridized carbons (Fsp3) is 0.143. The number of carbonyl (C=O) groups excluding carboxylic acids is 4. The highest BCUT2D eigenvalue weighted by Crippen LogP contribution is 2.29. The van der Waals surface area contributed by atoms with Crippen molar-refractivity contribution in [3.8, 4) is 0 Å². The first-order valence-corrected chi connectivity index (χ1v) is 11.6. The van der Waals surface area contributed by atoms with Crippen LogP contribution in [0.2, 0.25) is 0 Å². The van der Waals surface area contributed by atoms with Crippen molar-refractivity contribution in [3.63, 3.8) is 0 Å². The van der Waals surface area contributed by atoms with Gasteiger partial charge < -0.3 is 14.6 Å². The Labute approximate surface area is 210 Å². The molecule has 2 heterocycles. The van der Waals surface area contributed by atoms with E-state index in [0.29, 0.717) is 23.3 Å². The lowest BCUT2D eigenvalue weighted by atomic mass is 9.84. The molecule has 1 amide bonds. The van der Waals surface area contributed by atoms with E-state index in [1.54, 1.807) is 47.9 Å². The summed E-state index contributed by atoms with van der Waals surface area (Å²) in [5.41, 5.74) is 1.80. The molecule has 0 radical (unpaired) electrons. The molecule has 37 heavy (non-hydrogen) atoms. The molecule has 4 aromatic rings. The Bertz CT molecular complexity index is 1700. The first kappa shape index (κ1) is 23.8. The third-order valence-electron chi connectivity index (χ3n) is 6.16. The number of amides is 1. The summed E-state index contributed by atoms with van der Waals surface area (Å²) in [6.07, 6.45) is 1.38. The Balaban J connectivity index is 1.31. The predicted octanol–water partition coefficient (Wildman–Crippen LogP) is 3.30. The summed E-state index contributed by atoms with van der Waals surface area (Å²) < 4.78 is 6.78. The van der Waals surface area contributed by atoms with Gasteiger partial charge in [-0.2, -0.15) is 0 Å². The molecule has 2 aromatic heterocycles. The fourth-order valence-electron chi connectivity index (χ4n) is 4.33. The summed E-state index contributed by atoms with van der Waals surface area (Å²) in [5, 5.41) is 2.84. The Morgan fingerprint density at radius 3 is 2.30 bits per heavy atom. The van der Waals surface area contributed by atoms with E-state index in [1.807, 2.05) is 6.92 Å². The zero-order valence-corrected chi connectivity index (χ0v) is 20.0. The van der Waals surface area contributed by atoms with E-state index in [-0.39, 0.29) is 39.3 Å². The van der Waals surface area contributed by atoms with E-state index in [9.17, 15) is 24.0 Å². The molecule has 0 spiro atoms. The second-order valence-electron chi connectivity index (χ2n) is 8.57. The van der Waals surface area contributed by atoms with Crippen LogP contribution in [-0.2, 0) is 16.1 Å². The summed E-state index contributed by atoms with van der Waals surface area (Å²) >= 11 is 0. The van der Waals surface area contributed by atoms with Gasteiger partial charge in [0.1, 0.15) is 11.2 Å². The monoisotopic (exact) mass is 495 g/mol. The topological polar surface area (TPSA) is 124 Å². The molecule has 0 aliphatic heterocycles. The van der Waals surface area contributed by atoms with E-state index in [1.165, 1.54) is 24.4 Å². The minimum absolute atomic E-state index is 0.179. The molecule has 0 saturated heterocycles. The van der Waals surface area contributed by atoms with Crippen LogP contribution >= 0.6 is 0 Å². The quantitative estimate of drug-likeness (QED) is 0.371. The van der Waals surface area contributed by atoms with Crippen LogP contribution < -0.4 is 10.7 Å². The number of nitrogens with zero attached hydrogens (tertiary/aromatic N) is 2. The predicted molar refractivity (Wildman–Crippen MR) is 135 cm³/mol. The summed E-state index contributed by atoms with van der Waals surface area (Å²) in [7, 11) is 0. The molecular formula is C28H21N3O6. The highest BCUT2D eigenvalue weighted by Gasteiger charge is 2.29. The van der Waals surface area contributed by atoms with Crippen molar-refractivity contribution in [2.24, 2.45) is 0 Å². The number of benzene rings is 2. The highest BCUT2D eigenvalue weighted by molar-refractivity contribution is 6.28. The summed E-state index contributed by atoms with van der Waals surface area (Å²) in [6.45, 7) is 3.48. The summed E-state index contributed by atoms with van der Waals surface area (Å²) in [6, 6.07) is 14.2. The number of ether oxygens (including phenoxy) is 1. The van der Waals surface area contributed by atoms with Crippen LogP contribution in [0.15, 0.2) is 65.6 Å². The van der Waals surface area contributed by atoms with Gasteiger partial charge in [-0.15, -0.1) is 0 Å². The molecule has 1 aliphatic rings. The lowest BCUT2D eigenvalue weighted by molar-refractivity contribution is -0.119. The van der Waals surface area contributed by atoms with Gasteiger partial charge in [0.15, 0.2) is 18.2 Å². The molecule has 9 nitrogen and oxygen atoms in total. The largest absolute Gasteiger partial charge is 0.452 e. The van der Waals surface area contributed by atoms with Crippen LogP contribution in [0, 0.1) is 6.92 Å². The van der Waals surface area contributed by atoms with Crippen molar-refractivity contribution in [3.05, 3.63) is 105 Å². The Hall–Kier alpha value is -4.92. The fourth-order valence-corrected chi connectivity index (χ4v) is 4.33. The SMILES string of the molecule is CCn1cc(C(=O)OCC(=O)Nc2ccc3c(c2)C(=O)c2ccccc2C3=O)c(=O)c2ccc(C)nc21. The average Bonchev–Trinajstić information content (AvgIpc) is 2.90. The molecule has 0 saturated carbocycles. The van der Waals surface area contributed by atoms with E-state index in [2.05, 4.69) is 10.3 Å². The number of hydrogen-bond acceptors (Lipinski definition) is 7. The van der Waals surface area contributed by atoms with Crippen LogP contribution in [0.5, 0.6) is 0 Å². The average molecular weight is 495 g/mol. The molecule has 9 heteroatoms. The van der Waals surface area contributed by atoms with Crippen LogP contribution in [0.3, 0.4) is 0 Å². The summed E-state index contributed by atoms with van der Waals surface area (Å²) in [5.74, 6) is -2.19. The molecule has 0 unspecified atom stereocenters. The van der Waals surface area contributed by atoms with Gasteiger partial charge in [-0.25, -0.2) is 9.78 Å². The number of rotatable bonds is 5. The zero-order valence-electron chi connectivity index (χ0n) is 20.0. The number of ketones is 2. The number of pyridine rings is 2. The normalized spacial score (nSPS) is 12.2. The number of fused-ring (bicyclic) bond motifs is 3. The van der Waals surface area contributed by atoms with Crippen molar-refractivity contribution >= 4 is 40.2 Å². The van der Waals surface area contributed by atoms with Gasteiger partial charge >= 0.3 is 5.97 Å².